The van der Waals surface area contributed by atoms with E-state index in [1.54, 1.807) is 25.1 Å². The Hall–Kier alpha value is -2.38. The van der Waals surface area contributed by atoms with Crippen molar-refractivity contribution in [2.75, 3.05) is 12.1 Å². The van der Waals surface area contributed by atoms with Crippen LogP contribution in [-0.2, 0) is 4.39 Å². The molecular weight excluding hydrogens is 392 g/mol. The molecule has 29 heavy (non-hydrogen) atoms. The lowest BCUT2D eigenvalue weighted by molar-refractivity contribution is 0.341. The highest BCUT2D eigenvalue weighted by molar-refractivity contribution is 6.07. The second-order valence-corrected chi connectivity index (χ2v) is 6.59. The fourth-order valence-electron chi connectivity index (χ4n) is 2.43. The molecule has 2 rings (SSSR count). The zero-order valence-electron chi connectivity index (χ0n) is 17.8. The Morgan fingerprint density at radius 3 is 2.45 bits per heavy atom. The molecule has 160 valence electrons. The van der Waals surface area contributed by atoms with Gasteiger partial charge in [0.1, 0.15) is 11.6 Å². The minimum Gasteiger partial charge on any atom is -0.493 e. The first-order valence-corrected chi connectivity index (χ1v) is 10.2. The van der Waals surface area contributed by atoms with Crippen LogP contribution in [0.4, 0.5) is 5.69 Å². The molecule has 0 fully saturated rings. The number of nitrogens with zero attached hydrogens (tertiary/aromatic N) is 1. The molecule has 0 unspecified atom stereocenters. The molecule has 3 N–H and O–H groups in total. The first-order chi connectivity index (χ1) is 13.9. The SMILES string of the molecule is CCCC.CCCC(=N)c1nc(-c2cc(NOCl)ccc2OCC)[nH]c(=O)c1C. The van der Waals surface area contributed by atoms with Gasteiger partial charge in [-0.25, -0.2) is 10.5 Å². The van der Waals surface area contributed by atoms with Gasteiger partial charge in [-0.2, -0.15) is 4.39 Å². The van der Waals surface area contributed by atoms with Crippen LogP contribution in [0.25, 0.3) is 11.4 Å². The predicted molar refractivity (Wildman–Crippen MR) is 119 cm³/mol. The fraction of sp³-hybridized carbons (Fsp3) is 0.476. The van der Waals surface area contributed by atoms with Crippen LogP contribution >= 0.6 is 11.9 Å². The van der Waals surface area contributed by atoms with Crippen molar-refractivity contribution in [1.82, 2.24) is 9.97 Å². The number of unbranched alkanes of at least 4 members (excludes halogenated alkanes) is 1. The van der Waals surface area contributed by atoms with Crippen molar-refractivity contribution in [3.05, 3.63) is 39.8 Å². The van der Waals surface area contributed by atoms with Gasteiger partial charge in [-0.05, 0) is 38.5 Å². The maximum atomic E-state index is 12.3. The number of halogens is 1. The molecule has 0 saturated carbocycles. The molecule has 0 saturated heterocycles. The van der Waals surface area contributed by atoms with Gasteiger partial charge in [0.15, 0.2) is 0 Å². The quantitative estimate of drug-likeness (QED) is 0.360. The summed E-state index contributed by atoms with van der Waals surface area (Å²) in [7, 11) is 0. The van der Waals surface area contributed by atoms with E-state index < -0.39 is 0 Å². The van der Waals surface area contributed by atoms with Crippen LogP contribution in [0.3, 0.4) is 0 Å². The molecule has 0 aliphatic heterocycles. The van der Waals surface area contributed by atoms with E-state index in [0.717, 1.165) is 6.42 Å². The normalized spacial score (nSPS) is 10.1. The third kappa shape index (κ3) is 7.18. The number of nitrogens with one attached hydrogen (secondary N) is 3. The van der Waals surface area contributed by atoms with Gasteiger partial charge in [-0.15, -0.1) is 0 Å². The third-order valence-electron chi connectivity index (χ3n) is 4.13. The Morgan fingerprint density at radius 2 is 1.90 bits per heavy atom. The van der Waals surface area contributed by atoms with Crippen molar-refractivity contribution in [2.45, 2.75) is 60.3 Å². The molecule has 0 bridgehead atoms. The van der Waals surface area contributed by atoms with Crippen molar-refractivity contribution in [3.63, 3.8) is 0 Å². The molecule has 1 aromatic carbocycles. The Kier molecular flexibility index (Phi) is 11.0. The van der Waals surface area contributed by atoms with E-state index in [2.05, 4.69) is 33.7 Å². The molecular formula is C21H31ClN4O3. The highest BCUT2D eigenvalue weighted by atomic mass is 35.5. The molecule has 0 aliphatic carbocycles. The van der Waals surface area contributed by atoms with Gasteiger partial charge >= 0.3 is 0 Å². The van der Waals surface area contributed by atoms with E-state index in [9.17, 15) is 4.79 Å². The monoisotopic (exact) mass is 422 g/mol. The lowest BCUT2D eigenvalue weighted by Crippen LogP contribution is -2.19. The summed E-state index contributed by atoms with van der Waals surface area (Å²) in [4.78, 5) is 19.6. The second-order valence-electron chi connectivity index (χ2n) is 6.44. The number of rotatable bonds is 9. The molecule has 7 nitrogen and oxygen atoms in total. The van der Waals surface area contributed by atoms with Crippen molar-refractivity contribution < 1.29 is 9.13 Å². The van der Waals surface area contributed by atoms with Crippen molar-refractivity contribution in [3.8, 4) is 17.1 Å². The summed E-state index contributed by atoms with van der Waals surface area (Å²) in [5.41, 5.74) is 4.54. The molecule has 2 aromatic rings. The zero-order chi connectivity index (χ0) is 21.8. The first kappa shape index (κ1) is 24.7. The molecule has 0 radical (unpaired) electrons. The topological polar surface area (TPSA) is 100 Å². The van der Waals surface area contributed by atoms with Crippen molar-refractivity contribution >= 4 is 23.3 Å². The van der Waals surface area contributed by atoms with E-state index in [-0.39, 0.29) is 5.56 Å². The van der Waals surface area contributed by atoms with Gasteiger partial charge in [-0.1, -0.05) is 40.0 Å². The third-order valence-corrected chi connectivity index (χ3v) is 4.21. The van der Waals surface area contributed by atoms with E-state index >= 15 is 0 Å². The molecule has 1 heterocycles. The molecule has 0 aliphatic rings. The standard InChI is InChI=1S/C17H21ClN4O3.C4H10/c1-4-6-13(19)15-10(3)17(23)21-16(20-15)12-9-11(22-25-18)7-8-14(12)24-5-2;1-3-4-2/h7-9,19,22H,4-6H2,1-3H3,(H,20,21,23);3-4H2,1-2H3. The summed E-state index contributed by atoms with van der Waals surface area (Å²) >= 11 is 5.24. The van der Waals surface area contributed by atoms with E-state index in [4.69, 9.17) is 22.0 Å². The van der Waals surface area contributed by atoms with E-state index in [1.165, 1.54) is 12.8 Å². The van der Waals surface area contributed by atoms with Gasteiger partial charge in [0.2, 0.25) is 0 Å². The Bertz CT molecular complexity index is 850. The largest absolute Gasteiger partial charge is 0.493 e. The van der Waals surface area contributed by atoms with E-state index in [0.29, 0.717) is 52.8 Å². The van der Waals surface area contributed by atoms with Crippen LogP contribution < -0.4 is 15.8 Å². The molecule has 1 aromatic heterocycles. The van der Waals surface area contributed by atoms with Gasteiger partial charge in [0.05, 0.1) is 41.1 Å². The summed E-state index contributed by atoms with van der Waals surface area (Å²) in [6.45, 7) is 10.3. The van der Waals surface area contributed by atoms with Crippen molar-refractivity contribution in [2.24, 2.45) is 0 Å². The zero-order valence-corrected chi connectivity index (χ0v) is 18.6. The number of hydrogen-bond donors (Lipinski definition) is 3. The van der Waals surface area contributed by atoms with Crippen LogP contribution in [0.2, 0.25) is 0 Å². The van der Waals surface area contributed by atoms with Crippen LogP contribution in [0.1, 0.15) is 64.6 Å². The van der Waals surface area contributed by atoms with Crippen LogP contribution in [0.15, 0.2) is 23.0 Å². The number of H-pyrrole nitrogens is 1. The van der Waals surface area contributed by atoms with Gasteiger partial charge in [-0.3, -0.25) is 4.79 Å². The van der Waals surface area contributed by atoms with Crippen LogP contribution in [-0.4, -0.2) is 22.3 Å². The first-order valence-electron chi connectivity index (χ1n) is 9.92. The highest BCUT2D eigenvalue weighted by Gasteiger charge is 2.16. The van der Waals surface area contributed by atoms with Gasteiger partial charge in [0, 0.05) is 5.56 Å². The summed E-state index contributed by atoms with van der Waals surface area (Å²) in [5.74, 6) is 0.885. The number of hydrogen-bond acceptors (Lipinski definition) is 6. The minimum atomic E-state index is -0.282. The number of anilines is 1. The minimum absolute atomic E-state index is 0.282. The smallest absolute Gasteiger partial charge is 0.254 e. The Labute approximate surface area is 177 Å². The predicted octanol–water partition coefficient (Wildman–Crippen LogP) is 5.62. The molecule has 8 heteroatoms. The van der Waals surface area contributed by atoms with Crippen LogP contribution in [0, 0.1) is 12.3 Å². The summed E-state index contributed by atoms with van der Waals surface area (Å²) in [6.07, 6.45) is 4.00. The second kappa shape index (κ2) is 13.0. The van der Waals surface area contributed by atoms with Gasteiger partial charge < -0.3 is 15.1 Å². The Morgan fingerprint density at radius 1 is 1.21 bits per heavy atom. The number of benzene rings is 1. The fourth-order valence-corrected chi connectivity index (χ4v) is 2.52. The van der Waals surface area contributed by atoms with E-state index in [1.807, 2.05) is 13.8 Å². The highest BCUT2D eigenvalue weighted by Crippen LogP contribution is 2.31. The lowest BCUT2D eigenvalue weighted by atomic mass is 10.1. The average molecular weight is 423 g/mol. The average Bonchev–Trinajstić information content (AvgIpc) is 2.71. The Balaban J connectivity index is 0.000000960. The summed E-state index contributed by atoms with van der Waals surface area (Å²) in [6, 6.07) is 5.16. The molecule has 0 amide bonds. The number of ether oxygens (including phenoxy) is 1. The van der Waals surface area contributed by atoms with Crippen molar-refractivity contribution in [1.29, 1.82) is 5.41 Å². The van der Waals surface area contributed by atoms with Gasteiger partial charge in [0.25, 0.3) is 5.56 Å². The molecule has 0 atom stereocenters. The number of aromatic nitrogens is 2. The van der Waals surface area contributed by atoms with Crippen LogP contribution in [0.5, 0.6) is 5.75 Å². The summed E-state index contributed by atoms with van der Waals surface area (Å²) in [5, 5.41) is 8.17. The maximum Gasteiger partial charge on any atom is 0.254 e. The molecule has 0 spiro atoms. The maximum absolute atomic E-state index is 12.3. The summed E-state index contributed by atoms with van der Waals surface area (Å²) < 4.78 is 10.0. The number of aromatic amines is 1. The lowest BCUT2D eigenvalue weighted by Gasteiger charge is -2.13.